The van der Waals surface area contributed by atoms with E-state index in [0.717, 1.165) is 48.5 Å². The number of fused-ring (bicyclic) bond motifs is 1. The molecule has 1 saturated heterocycles. The van der Waals surface area contributed by atoms with Crippen LogP contribution in [-0.4, -0.2) is 44.6 Å². The maximum Gasteiger partial charge on any atom is 0.220 e. The Bertz CT molecular complexity index is 1440. The first-order valence-corrected chi connectivity index (χ1v) is 14.1. The lowest BCUT2D eigenvalue weighted by atomic mass is 10.0. The van der Waals surface area contributed by atoms with Crippen molar-refractivity contribution in [1.82, 2.24) is 24.8 Å². The Morgan fingerprint density at radius 1 is 0.947 bits per heavy atom. The molecule has 4 aromatic rings. The van der Waals surface area contributed by atoms with Gasteiger partial charge in [0.25, 0.3) is 0 Å². The Kier molecular flexibility index (Phi) is 7.22. The quantitative estimate of drug-likeness (QED) is 0.299. The summed E-state index contributed by atoms with van der Waals surface area (Å²) >= 11 is 12.8. The fourth-order valence-electron chi connectivity index (χ4n) is 5.77. The lowest BCUT2D eigenvalue weighted by molar-refractivity contribution is -0.122. The van der Waals surface area contributed by atoms with Gasteiger partial charge in [0.05, 0.1) is 5.02 Å². The standard InChI is InChI=1S/C29H30Cl2N6O/c30-20-9-11-22(12-10-20)37-27(23-7-3-4-8-24(23)31)35-26-28(32-18-33-29(26)37)36-15-13-21(14-16-36)34-25(38)17-19-5-1-2-6-19/h3-4,7-12,18-19,21H,1-2,5-6,13-17H2,(H,34,38). The van der Waals surface area contributed by atoms with E-state index in [-0.39, 0.29) is 11.9 Å². The molecule has 2 fully saturated rings. The first kappa shape index (κ1) is 25.1. The van der Waals surface area contributed by atoms with E-state index in [0.29, 0.717) is 33.9 Å². The summed E-state index contributed by atoms with van der Waals surface area (Å²) in [4.78, 5) is 29.2. The van der Waals surface area contributed by atoms with Crippen molar-refractivity contribution in [1.29, 1.82) is 0 Å². The molecule has 1 saturated carbocycles. The van der Waals surface area contributed by atoms with E-state index >= 15 is 0 Å². The van der Waals surface area contributed by atoms with E-state index in [4.69, 9.17) is 28.2 Å². The topological polar surface area (TPSA) is 75.9 Å². The highest BCUT2D eigenvalue weighted by Gasteiger charge is 2.27. The van der Waals surface area contributed by atoms with Crippen molar-refractivity contribution in [3.8, 4) is 17.1 Å². The van der Waals surface area contributed by atoms with Gasteiger partial charge in [0.15, 0.2) is 17.0 Å². The number of hydrogen-bond acceptors (Lipinski definition) is 5. The van der Waals surface area contributed by atoms with Crippen LogP contribution in [0.15, 0.2) is 54.9 Å². The van der Waals surface area contributed by atoms with E-state index in [2.05, 4.69) is 20.2 Å². The zero-order valence-corrected chi connectivity index (χ0v) is 22.6. The van der Waals surface area contributed by atoms with Crippen molar-refractivity contribution < 1.29 is 4.79 Å². The number of carbonyl (C=O) groups excluding carboxylic acids is 1. The number of anilines is 1. The normalized spacial score (nSPS) is 16.8. The average molecular weight is 550 g/mol. The summed E-state index contributed by atoms with van der Waals surface area (Å²) in [6.07, 6.45) is 8.90. The Balaban J connectivity index is 1.29. The van der Waals surface area contributed by atoms with Gasteiger partial charge < -0.3 is 10.2 Å². The van der Waals surface area contributed by atoms with E-state index in [1.54, 1.807) is 6.33 Å². The van der Waals surface area contributed by atoms with Gasteiger partial charge in [0.2, 0.25) is 5.91 Å². The summed E-state index contributed by atoms with van der Waals surface area (Å²) in [5.41, 5.74) is 3.14. The van der Waals surface area contributed by atoms with E-state index in [9.17, 15) is 4.79 Å². The van der Waals surface area contributed by atoms with Crippen LogP contribution in [0.5, 0.6) is 0 Å². The molecule has 38 heavy (non-hydrogen) atoms. The number of piperidine rings is 1. The van der Waals surface area contributed by atoms with Crippen LogP contribution in [0, 0.1) is 5.92 Å². The van der Waals surface area contributed by atoms with Crippen LogP contribution >= 0.6 is 23.2 Å². The molecule has 1 aliphatic carbocycles. The number of amides is 1. The summed E-state index contributed by atoms with van der Waals surface area (Å²) < 4.78 is 2.01. The van der Waals surface area contributed by atoms with E-state index < -0.39 is 0 Å². The van der Waals surface area contributed by atoms with Crippen LogP contribution in [0.25, 0.3) is 28.2 Å². The van der Waals surface area contributed by atoms with Gasteiger partial charge in [0, 0.05) is 41.8 Å². The molecule has 6 rings (SSSR count). The Hall–Kier alpha value is -3.16. The molecule has 196 valence electrons. The van der Waals surface area contributed by atoms with Crippen molar-refractivity contribution in [2.45, 2.75) is 51.0 Å². The Morgan fingerprint density at radius 3 is 2.42 bits per heavy atom. The Labute approximate surface area is 232 Å². The van der Waals surface area contributed by atoms with Gasteiger partial charge in [-0.3, -0.25) is 9.36 Å². The van der Waals surface area contributed by atoms with E-state index in [1.165, 1.54) is 25.7 Å². The monoisotopic (exact) mass is 548 g/mol. The lowest BCUT2D eigenvalue weighted by Crippen LogP contribution is -2.45. The highest BCUT2D eigenvalue weighted by molar-refractivity contribution is 6.33. The fourth-order valence-corrected chi connectivity index (χ4v) is 6.11. The first-order valence-electron chi connectivity index (χ1n) is 13.4. The predicted molar refractivity (Wildman–Crippen MR) is 152 cm³/mol. The zero-order valence-electron chi connectivity index (χ0n) is 21.1. The number of carbonyl (C=O) groups is 1. The zero-order chi connectivity index (χ0) is 26.1. The second-order valence-electron chi connectivity index (χ2n) is 10.3. The number of halogens is 2. The third-order valence-corrected chi connectivity index (χ3v) is 8.31. The van der Waals surface area contributed by atoms with Crippen LogP contribution in [0.1, 0.15) is 44.9 Å². The highest BCUT2D eigenvalue weighted by atomic mass is 35.5. The average Bonchev–Trinajstić information content (AvgIpc) is 3.58. The molecule has 2 aromatic heterocycles. The molecule has 7 nitrogen and oxygen atoms in total. The van der Waals surface area contributed by atoms with E-state index in [1.807, 2.05) is 53.1 Å². The molecule has 1 aliphatic heterocycles. The fraction of sp³-hybridized carbons (Fsp3) is 0.379. The third-order valence-electron chi connectivity index (χ3n) is 7.73. The second-order valence-corrected chi connectivity index (χ2v) is 11.1. The summed E-state index contributed by atoms with van der Waals surface area (Å²) in [7, 11) is 0. The maximum absolute atomic E-state index is 12.6. The number of rotatable bonds is 6. The predicted octanol–water partition coefficient (Wildman–Crippen LogP) is 6.45. The molecular formula is C29H30Cl2N6O. The summed E-state index contributed by atoms with van der Waals surface area (Å²) in [6, 6.07) is 15.5. The molecule has 2 aromatic carbocycles. The van der Waals surface area contributed by atoms with Crippen LogP contribution in [0.4, 0.5) is 5.82 Å². The SMILES string of the molecule is O=C(CC1CCCC1)NC1CCN(c2ncnc3c2nc(-c2ccccc2Cl)n3-c2ccc(Cl)cc2)CC1. The summed E-state index contributed by atoms with van der Waals surface area (Å²) in [6.45, 7) is 1.57. The molecule has 0 unspecified atom stereocenters. The summed E-state index contributed by atoms with van der Waals surface area (Å²) in [5, 5.41) is 4.55. The number of benzene rings is 2. The minimum absolute atomic E-state index is 0.197. The second kappa shape index (κ2) is 10.9. The molecule has 1 N–H and O–H groups in total. The molecule has 9 heteroatoms. The molecule has 0 spiro atoms. The highest BCUT2D eigenvalue weighted by Crippen LogP contribution is 2.35. The number of imidazole rings is 1. The largest absolute Gasteiger partial charge is 0.355 e. The molecule has 0 atom stereocenters. The van der Waals surface area contributed by atoms with Crippen molar-refractivity contribution >= 4 is 46.1 Å². The third kappa shape index (κ3) is 5.09. The molecule has 0 bridgehead atoms. The van der Waals surface area contributed by atoms with Gasteiger partial charge >= 0.3 is 0 Å². The smallest absolute Gasteiger partial charge is 0.220 e. The molecule has 0 radical (unpaired) electrons. The molecule has 1 amide bonds. The summed E-state index contributed by atoms with van der Waals surface area (Å²) in [5.74, 6) is 2.26. The molecule has 3 heterocycles. The van der Waals surface area contributed by atoms with Crippen LogP contribution in [0.2, 0.25) is 10.0 Å². The minimum atomic E-state index is 0.197. The van der Waals surface area contributed by atoms with Gasteiger partial charge in [-0.1, -0.05) is 48.2 Å². The Morgan fingerprint density at radius 2 is 1.68 bits per heavy atom. The first-order chi connectivity index (χ1) is 18.6. The van der Waals surface area contributed by atoms with Crippen molar-refractivity contribution in [2.24, 2.45) is 5.92 Å². The van der Waals surface area contributed by atoms with Gasteiger partial charge in [-0.15, -0.1) is 0 Å². The van der Waals surface area contributed by atoms with Crippen molar-refractivity contribution in [2.75, 3.05) is 18.0 Å². The minimum Gasteiger partial charge on any atom is -0.355 e. The maximum atomic E-state index is 12.6. The van der Waals surface area contributed by atoms with Crippen LogP contribution < -0.4 is 10.2 Å². The van der Waals surface area contributed by atoms with Crippen molar-refractivity contribution in [3.63, 3.8) is 0 Å². The van der Waals surface area contributed by atoms with Gasteiger partial charge in [-0.05, 0) is 68.0 Å². The molecule has 2 aliphatic rings. The van der Waals surface area contributed by atoms with Crippen LogP contribution in [-0.2, 0) is 4.79 Å². The number of nitrogens with zero attached hydrogens (tertiary/aromatic N) is 5. The van der Waals surface area contributed by atoms with Gasteiger partial charge in [-0.25, -0.2) is 15.0 Å². The van der Waals surface area contributed by atoms with Crippen molar-refractivity contribution in [3.05, 3.63) is 64.9 Å². The van der Waals surface area contributed by atoms with Crippen LogP contribution in [0.3, 0.4) is 0 Å². The number of hydrogen-bond donors (Lipinski definition) is 1. The number of aromatic nitrogens is 4. The van der Waals surface area contributed by atoms with Gasteiger partial charge in [0.1, 0.15) is 12.2 Å². The van der Waals surface area contributed by atoms with Gasteiger partial charge in [-0.2, -0.15) is 0 Å². The molecular weight excluding hydrogens is 519 g/mol. The number of nitrogens with one attached hydrogen (secondary N) is 1. The lowest BCUT2D eigenvalue weighted by Gasteiger charge is -2.33.